The lowest BCUT2D eigenvalue weighted by atomic mass is 10.1. The Balaban J connectivity index is 1.47. The maximum absolute atomic E-state index is 12.9. The lowest BCUT2D eigenvalue weighted by molar-refractivity contribution is -0.113. The van der Waals surface area contributed by atoms with E-state index in [1.54, 1.807) is 4.90 Å². The number of para-hydroxylation sites is 1. The van der Waals surface area contributed by atoms with Crippen LogP contribution < -0.4 is 9.64 Å². The van der Waals surface area contributed by atoms with Crippen LogP contribution in [0.3, 0.4) is 0 Å². The van der Waals surface area contributed by atoms with E-state index in [2.05, 4.69) is 0 Å². The van der Waals surface area contributed by atoms with Gasteiger partial charge >= 0.3 is 0 Å². The highest BCUT2D eigenvalue weighted by Crippen LogP contribution is 2.37. The van der Waals surface area contributed by atoms with Gasteiger partial charge in [-0.25, -0.2) is 0 Å². The average Bonchev–Trinajstić information content (AvgIpc) is 3.02. The Bertz CT molecular complexity index is 1080. The van der Waals surface area contributed by atoms with Crippen molar-refractivity contribution in [2.24, 2.45) is 0 Å². The number of hydrogen-bond donors (Lipinski definition) is 0. The van der Waals surface area contributed by atoms with Crippen molar-refractivity contribution in [2.45, 2.75) is 13.5 Å². The van der Waals surface area contributed by atoms with Crippen LogP contribution in [0.2, 0.25) is 0 Å². The van der Waals surface area contributed by atoms with Gasteiger partial charge in [0, 0.05) is 0 Å². The minimum absolute atomic E-state index is 0.0845. The molecule has 0 spiro atoms. The number of amides is 1. The summed E-state index contributed by atoms with van der Waals surface area (Å²) in [5.74, 6) is 0.706. The zero-order valence-corrected chi connectivity index (χ0v) is 17.5. The van der Waals surface area contributed by atoms with Crippen molar-refractivity contribution in [2.75, 3.05) is 4.90 Å². The quantitative estimate of drug-likeness (QED) is 0.377. The number of rotatable bonds is 5. The first-order chi connectivity index (χ1) is 14.1. The summed E-state index contributed by atoms with van der Waals surface area (Å²) in [5.41, 5.74) is 3.91. The second-order valence-electron chi connectivity index (χ2n) is 6.65. The predicted molar refractivity (Wildman–Crippen MR) is 124 cm³/mol. The molecule has 0 aromatic heterocycles. The monoisotopic (exact) mass is 417 g/mol. The number of carbonyl (C=O) groups excluding carboxylic acids is 1. The first-order valence-electron chi connectivity index (χ1n) is 9.22. The summed E-state index contributed by atoms with van der Waals surface area (Å²) < 4.78 is 6.38. The molecule has 1 saturated heterocycles. The number of thiocarbonyl (C=S) groups is 1. The van der Waals surface area contributed by atoms with E-state index in [4.69, 9.17) is 17.0 Å². The van der Waals surface area contributed by atoms with Gasteiger partial charge in [0.15, 0.2) is 4.32 Å². The number of nitrogens with zero attached hydrogens (tertiary/aromatic N) is 1. The van der Waals surface area contributed by atoms with Crippen molar-refractivity contribution in [1.29, 1.82) is 0 Å². The van der Waals surface area contributed by atoms with Crippen LogP contribution in [-0.4, -0.2) is 10.2 Å². The molecule has 144 valence electrons. The molecular weight excluding hydrogens is 398 g/mol. The summed E-state index contributed by atoms with van der Waals surface area (Å²) in [4.78, 5) is 15.2. The second kappa shape index (κ2) is 8.64. The summed E-state index contributed by atoms with van der Waals surface area (Å²) in [6.07, 6.45) is 1.87. The van der Waals surface area contributed by atoms with Gasteiger partial charge in [-0.05, 0) is 47.9 Å². The lowest BCUT2D eigenvalue weighted by Crippen LogP contribution is -2.28. The van der Waals surface area contributed by atoms with Crippen molar-refractivity contribution in [3.05, 3.63) is 100 Å². The number of thioether (sulfide) groups is 1. The first-order valence-corrected chi connectivity index (χ1v) is 10.4. The van der Waals surface area contributed by atoms with Crippen LogP contribution in [0, 0.1) is 6.92 Å². The van der Waals surface area contributed by atoms with Crippen molar-refractivity contribution in [1.82, 2.24) is 0 Å². The Morgan fingerprint density at radius 1 is 0.966 bits per heavy atom. The molecule has 1 aliphatic heterocycles. The fourth-order valence-electron chi connectivity index (χ4n) is 3.04. The molecule has 3 nitrogen and oxygen atoms in total. The Kier molecular flexibility index (Phi) is 5.79. The van der Waals surface area contributed by atoms with Crippen molar-refractivity contribution >= 4 is 46.0 Å². The summed E-state index contributed by atoms with van der Waals surface area (Å²) >= 11 is 6.79. The van der Waals surface area contributed by atoms with Gasteiger partial charge in [0.25, 0.3) is 5.91 Å². The number of hydrogen-bond acceptors (Lipinski definition) is 4. The van der Waals surface area contributed by atoms with Crippen LogP contribution >= 0.6 is 24.0 Å². The maximum Gasteiger partial charge on any atom is 0.270 e. The van der Waals surface area contributed by atoms with E-state index in [1.165, 1.54) is 11.8 Å². The Morgan fingerprint density at radius 3 is 2.38 bits per heavy atom. The SMILES string of the molecule is Cc1ccccc1N1C(=O)/C(=C/c2ccc(OCc3ccccc3)cc2)SC1=S. The van der Waals surface area contributed by atoms with Gasteiger partial charge in [-0.2, -0.15) is 0 Å². The minimum Gasteiger partial charge on any atom is -0.489 e. The van der Waals surface area contributed by atoms with E-state index in [1.807, 2.05) is 91.9 Å². The third-order valence-electron chi connectivity index (χ3n) is 4.58. The molecule has 5 heteroatoms. The van der Waals surface area contributed by atoms with Gasteiger partial charge in [0.05, 0.1) is 10.6 Å². The summed E-state index contributed by atoms with van der Waals surface area (Å²) in [7, 11) is 0. The van der Waals surface area contributed by atoms with Crippen LogP contribution in [0.1, 0.15) is 16.7 Å². The van der Waals surface area contributed by atoms with E-state index in [9.17, 15) is 4.79 Å². The highest BCUT2D eigenvalue weighted by atomic mass is 32.2. The van der Waals surface area contributed by atoms with Crippen LogP contribution in [0.15, 0.2) is 83.8 Å². The van der Waals surface area contributed by atoms with Crippen LogP contribution in [-0.2, 0) is 11.4 Å². The third kappa shape index (κ3) is 4.42. The third-order valence-corrected chi connectivity index (χ3v) is 5.88. The molecule has 29 heavy (non-hydrogen) atoms. The van der Waals surface area contributed by atoms with Crippen LogP contribution in [0.25, 0.3) is 6.08 Å². The molecule has 0 aliphatic carbocycles. The van der Waals surface area contributed by atoms with E-state index in [0.29, 0.717) is 15.8 Å². The van der Waals surface area contributed by atoms with E-state index in [-0.39, 0.29) is 5.91 Å². The number of carbonyl (C=O) groups is 1. The molecule has 1 heterocycles. The average molecular weight is 418 g/mol. The lowest BCUT2D eigenvalue weighted by Gasteiger charge is -2.16. The molecule has 4 rings (SSSR count). The second-order valence-corrected chi connectivity index (χ2v) is 8.32. The van der Waals surface area contributed by atoms with Crippen molar-refractivity contribution < 1.29 is 9.53 Å². The highest BCUT2D eigenvalue weighted by Gasteiger charge is 2.33. The fraction of sp³-hybridized carbons (Fsp3) is 0.0833. The largest absolute Gasteiger partial charge is 0.489 e. The molecule has 1 amide bonds. The normalized spacial score (nSPS) is 15.2. The topological polar surface area (TPSA) is 29.5 Å². The van der Waals surface area contributed by atoms with E-state index in [0.717, 1.165) is 28.1 Å². The number of ether oxygens (including phenoxy) is 1. The zero-order valence-electron chi connectivity index (χ0n) is 15.9. The number of benzene rings is 3. The molecule has 0 N–H and O–H groups in total. The van der Waals surface area contributed by atoms with Crippen LogP contribution in [0.5, 0.6) is 5.75 Å². The van der Waals surface area contributed by atoms with Gasteiger partial charge in [-0.15, -0.1) is 0 Å². The smallest absolute Gasteiger partial charge is 0.270 e. The Labute approximate surface area is 180 Å². The molecule has 0 unspecified atom stereocenters. The van der Waals surface area contributed by atoms with E-state index < -0.39 is 0 Å². The zero-order chi connectivity index (χ0) is 20.2. The number of aryl methyl sites for hydroxylation is 1. The Hall–Kier alpha value is -2.89. The maximum atomic E-state index is 12.9. The molecule has 0 bridgehead atoms. The van der Waals surface area contributed by atoms with Crippen LogP contribution in [0.4, 0.5) is 5.69 Å². The first kappa shape index (κ1) is 19.4. The number of anilines is 1. The van der Waals surface area contributed by atoms with Crippen molar-refractivity contribution in [3.63, 3.8) is 0 Å². The van der Waals surface area contributed by atoms with Crippen molar-refractivity contribution in [3.8, 4) is 5.75 Å². The molecule has 1 aliphatic rings. The standard InChI is InChI=1S/C24H19NO2S2/c1-17-7-5-6-10-21(17)25-23(26)22(29-24(25)28)15-18-11-13-20(14-12-18)27-16-19-8-3-2-4-9-19/h2-15H,16H2,1H3/b22-15-. The minimum atomic E-state index is -0.0845. The summed E-state index contributed by atoms with van der Waals surface area (Å²) in [6, 6.07) is 25.5. The molecule has 0 atom stereocenters. The molecule has 0 saturated carbocycles. The van der Waals surface area contributed by atoms with Gasteiger partial charge in [0.2, 0.25) is 0 Å². The van der Waals surface area contributed by atoms with Gasteiger partial charge in [-0.3, -0.25) is 9.69 Å². The summed E-state index contributed by atoms with van der Waals surface area (Å²) in [5, 5.41) is 0. The molecule has 3 aromatic carbocycles. The van der Waals surface area contributed by atoms with Gasteiger partial charge in [0.1, 0.15) is 12.4 Å². The van der Waals surface area contributed by atoms with Gasteiger partial charge in [-0.1, -0.05) is 84.6 Å². The molecular formula is C24H19NO2S2. The highest BCUT2D eigenvalue weighted by molar-refractivity contribution is 8.27. The molecule has 0 radical (unpaired) electrons. The van der Waals surface area contributed by atoms with E-state index >= 15 is 0 Å². The predicted octanol–water partition coefficient (Wildman–Crippen LogP) is 5.98. The van der Waals surface area contributed by atoms with Gasteiger partial charge < -0.3 is 4.74 Å². The molecule has 1 fully saturated rings. The Morgan fingerprint density at radius 2 is 1.66 bits per heavy atom. The fourth-order valence-corrected chi connectivity index (χ4v) is 4.33. The molecule has 3 aromatic rings. The summed E-state index contributed by atoms with van der Waals surface area (Å²) in [6.45, 7) is 2.50.